The maximum Gasteiger partial charge on any atom is 0.407 e. The van der Waals surface area contributed by atoms with Crippen molar-refractivity contribution in [1.82, 2.24) is 15.1 Å². The third-order valence-corrected chi connectivity index (χ3v) is 7.84. The van der Waals surface area contributed by atoms with E-state index in [-0.39, 0.29) is 18.1 Å². The summed E-state index contributed by atoms with van der Waals surface area (Å²) >= 11 is 0. The number of nitrogens with one attached hydrogen (secondary N) is 1. The van der Waals surface area contributed by atoms with E-state index in [4.69, 9.17) is 4.74 Å². The summed E-state index contributed by atoms with van der Waals surface area (Å²) in [5.74, 6) is 0.158. The fourth-order valence-electron chi connectivity index (χ4n) is 5.41. The molecule has 0 bridgehead atoms. The number of hydrogen-bond acceptors (Lipinski definition) is 4. The topological polar surface area (TPSA) is 61.9 Å². The van der Waals surface area contributed by atoms with Crippen LogP contribution in [-0.2, 0) is 9.53 Å². The molecule has 0 heterocycles. The molecule has 0 spiro atoms. The van der Waals surface area contributed by atoms with E-state index in [2.05, 4.69) is 29.3 Å². The third-order valence-electron chi connectivity index (χ3n) is 7.84. The summed E-state index contributed by atoms with van der Waals surface area (Å²) in [4.78, 5) is 27.9. The normalized spacial score (nSPS) is 17.1. The molecule has 222 valence electrons. The molecular formula is C32H61N3O3. The molecule has 0 saturated carbocycles. The molecular weight excluding hydrogens is 474 g/mol. The molecule has 1 N–H and O–H groups in total. The Morgan fingerprint density at radius 1 is 0.789 bits per heavy atom. The van der Waals surface area contributed by atoms with Crippen LogP contribution in [0.4, 0.5) is 4.79 Å². The molecule has 0 aromatic carbocycles. The third kappa shape index (κ3) is 18.7. The maximum atomic E-state index is 12.2. The highest BCUT2D eigenvalue weighted by Crippen LogP contribution is 2.24. The molecule has 0 fully saturated rings. The SMILES string of the molecule is CCCCCCCCCCCCCCCCCCNC(=O)OCC1CC=CCC1N(C=O)CCCN(C)C. The molecule has 2 amide bonds. The van der Waals surface area contributed by atoms with E-state index in [1.165, 1.54) is 89.9 Å². The van der Waals surface area contributed by atoms with Crippen molar-refractivity contribution in [2.75, 3.05) is 40.3 Å². The predicted molar refractivity (Wildman–Crippen MR) is 160 cm³/mol. The smallest absolute Gasteiger partial charge is 0.407 e. The lowest BCUT2D eigenvalue weighted by atomic mass is 9.88. The molecule has 1 aliphatic carbocycles. The standard InChI is InChI=1S/C32H61N3O3/c1-4-5-6-7-8-9-10-11-12-13-14-15-16-17-18-21-25-33-32(37)38-28-30-23-19-20-24-31(30)35(29-36)27-22-26-34(2)3/h19-20,29-31H,4-18,21-28H2,1-3H3,(H,33,37). The van der Waals surface area contributed by atoms with E-state index in [1.54, 1.807) is 0 Å². The minimum Gasteiger partial charge on any atom is -0.449 e. The predicted octanol–water partition coefficient (Wildman–Crippen LogP) is 7.72. The van der Waals surface area contributed by atoms with Gasteiger partial charge in [0.1, 0.15) is 0 Å². The lowest BCUT2D eigenvalue weighted by Gasteiger charge is -2.35. The molecule has 2 atom stereocenters. The van der Waals surface area contributed by atoms with Crippen LogP contribution in [0.25, 0.3) is 0 Å². The number of rotatable bonds is 25. The molecule has 0 aliphatic heterocycles. The van der Waals surface area contributed by atoms with E-state index in [1.807, 2.05) is 19.0 Å². The largest absolute Gasteiger partial charge is 0.449 e. The first-order chi connectivity index (χ1) is 18.6. The summed E-state index contributed by atoms with van der Waals surface area (Å²) in [5, 5.41) is 2.91. The van der Waals surface area contributed by atoms with Crippen LogP contribution in [0, 0.1) is 5.92 Å². The second kappa shape index (κ2) is 24.5. The van der Waals surface area contributed by atoms with E-state index >= 15 is 0 Å². The molecule has 2 unspecified atom stereocenters. The van der Waals surface area contributed by atoms with Gasteiger partial charge < -0.3 is 19.9 Å². The monoisotopic (exact) mass is 535 g/mol. The van der Waals surface area contributed by atoms with Crippen LogP contribution in [0.15, 0.2) is 12.2 Å². The number of unbranched alkanes of at least 4 members (excludes halogenated alkanes) is 15. The maximum absolute atomic E-state index is 12.2. The first-order valence-corrected chi connectivity index (χ1v) is 16.0. The van der Waals surface area contributed by atoms with Gasteiger partial charge in [-0.25, -0.2) is 4.79 Å². The van der Waals surface area contributed by atoms with Gasteiger partial charge in [0.15, 0.2) is 0 Å². The fraction of sp³-hybridized carbons (Fsp3) is 0.875. The summed E-state index contributed by atoms with van der Waals surface area (Å²) in [5.41, 5.74) is 0. The number of nitrogens with zero attached hydrogens (tertiary/aromatic N) is 2. The summed E-state index contributed by atoms with van der Waals surface area (Å²) in [6, 6.07) is 0.104. The van der Waals surface area contributed by atoms with Crippen molar-refractivity contribution in [3.8, 4) is 0 Å². The molecule has 1 rings (SSSR count). The molecule has 0 saturated heterocycles. The van der Waals surface area contributed by atoms with Gasteiger partial charge in [-0.1, -0.05) is 115 Å². The van der Waals surface area contributed by atoms with E-state index < -0.39 is 0 Å². The summed E-state index contributed by atoms with van der Waals surface area (Å²) in [6.07, 6.45) is 29.1. The summed E-state index contributed by atoms with van der Waals surface area (Å²) in [7, 11) is 4.09. The van der Waals surface area contributed by atoms with Gasteiger partial charge in [0.05, 0.1) is 6.61 Å². The molecule has 38 heavy (non-hydrogen) atoms. The Labute approximate surface area is 235 Å². The number of alkyl carbamates (subject to hydrolysis) is 1. The van der Waals surface area contributed by atoms with Crippen molar-refractivity contribution in [3.05, 3.63) is 12.2 Å². The van der Waals surface area contributed by atoms with Crippen molar-refractivity contribution in [1.29, 1.82) is 0 Å². The number of carbonyl (C=O) groups is 2. The Morgan fingerprint density at radius 2 is 1.32 bits per heavy atom. The van der Waals surface area contributed by atoms with Crippen molar-refractivity contribution < 1.29 is 14.3 Å². The van der Waals surface area contributed by atoms with Crippen molar-refractivity contribution >= 4 is 12.5 Å². The molecule has 0 aromatic rings. The number of ether oxygens (including phenoxy) is 1. The Balaban J connectivity index is 1.99. The van der Waals surface area contributed by atoms with Gasteiger partial charge in [-0.2, -0.15) is 0 Å². The van der Waals surface area contributed by atoms with Gasteiger partial charge in [-0.05, 0) is 46.3 Å². The van der Waals surface area contributed by atoms with Crippen molar-refractivity contribution in [2.45, 2.75) is 135 Å². The zero-order chi connectivity index (χ0) is 27.7. The van der Waals surface area contributed by atoms with Crippen LogP contribution in [0.1, 0.15) is 129 Å². The Kier molecular flexibility index (Phi) is 22.2. The molecule has 0 radical (unpaired) electrons. The Hall–Kier alpha value is -1.56. The molecule has 1 aliphatic rings. The highest BCUT2D eigenvalue weighted by molar-refractivity contribution is 5.67. The van der Waals surface area contributed by atoms with Crippen LogP contribution >= 0.6 is 0 Å². The van der Waals surface area contributed by atoms with Crippen LogP contribution < -0.4 is 5.32 Å². The number of carbonyl (C=O) groups excluding carboxylic acids is 2. The Morgan fingerprint density at radius 3 is 1.84 bits per heavy atom. The highest BCUT2D eigenvalue weighted by atomic mass is 16.5. The van der Waals surface area contributed by atoms with E-state index in [9.17, 15) is 9.59 Å². The first-order valence-electron chi connectivity index (χ1n) is 16.0. The first kappa shape index (κ1) is 34.5. The van der Waals surface area contributed by atoms with E-state index in [0.717, 1.165) is 51.6 Å². The number of hydrogen-bond donors (Lipinski definition) is 1. The fourth-order valence-corrected chi connectivity index (χ4v) is 5.41. The number of allylic oxidation sites excluding steroid dienone is 1. The lowest BCUT2D eigenvalue weighted by Crippen LogP contribution is -2.44. The van der Waals surface area contributed by atoms with Crippen LogP contribution in [0.5, 0.6) is 0 Å². The van der Waals surface area contributed by atoms with Gasteiger partial charge in [0, 0.05) is 25.0 Å². The zero-order valence-electron chi connectivity index (χ0n) is 25.3. The van der Waals surface area contributed by atoms with Crippen LogP contribution in [0.2, 0.25) is 0 Å². The minimum atomic E-state index is -0.329. The second-order valence-corrected chi connectivity index (χ2v) is 11.6. The van der Waals surface area contributed by atoms with Crippen molar-refractivity contribution in [3.63, 3.8) is 0 Å². The zero-order valence-corrected chi connectivity index (χ0v) is 25.3. The molecule has 6 heteroatoms. The van der Waals surface area contributed by atoms with Gasteiger partial charge in [0.2, 0.25) is 6.41 Å². The van der Waals surface area contributed by atoms with Crippen LogP contribution in [-0.4, -0.2) is 68.7 Å². The lowest BCUT2D eigenvalue weighted by molar-refractivity contribution is -0.121. The van der Waals surface area contributed by atoms with Crippen LogP contribution in [0.3, 0.4) is 0 Å². The summed E-state index contributed by atoms with van der Waals surface area (Å²) < 4.78 is 5.54. The van der Waals surface area contributed by atoms with Gasteiger partial charge in [-0.15, -0.1) is 0 Å². The highest BCUT2D eigenvalue weighted by Gasteiger charge is 2.28. The van der Waals surface area contributed by atoms with Gasteiger partial charge >= 0.3 is 6.09 Å². The number of amides is 2. The minimum absolute atomic E-state index is 0.104. The molecule has 6 nitrogen and oxygen atoms in total. The van der Waals surface area contributed by atoms with Gasteiger partial charge in [-0.3, -0.25) is 4.79 Å². The van der Waals surface area contributed by atoms with E-state index in [0.29, 0.717) is 13.2 Å². The Bertz CT molecular complexity index is 596. The average molecular weight is 536 g/mol. The average Bonchev–Trinajstić information content (AvgIpc) is 2.92. The second-order valence-electron chi connectivity index (χ2n) is 11.6. The molecule has 0 aromatic heterocycles. The quantitative estimate of drug-likeness (QED) is 0.0738. The summed E-state index contributed by atoms with van der Waals surface area (Å²) in [6.45, 7) is 5.01. The van der Waals surface area contributed by atoms with Gasteiger partial charge in [0.25, 0.3) is 0 Å². The van der Waals surface area contributed by atoms with Crippen molar-refractivity contribution in [2.24, 2.45) is 5.92 Å².